The molecule has 0 bridgehead atoms. The first kappa shape index (κ1) is 53.3. The van der Waals surface area contributed by atoms with E-state index in [-0.39, 0.29) is 52.1 Å². The van der Waals surface area contributed by atoms with Gasteiger partial charge in [0.2, 0.25) is 11.8 Å². The molecule has 0 aliphatic rings. The normalized spacial score (nSPS) is 11.3. The molecule has 2 atom stereocenters. The van der Waals surface area contributed by atoms with Crippen molar-refractivity contribution < 1.29 is 33.7 Å². The number of pyridine rings is 2. The van der Waals surface area contributed by atoms with Gasteiger partial charge < -0.3 is 38.5 Å². The van der Waals surface area contributed by atoms with Crippen molar-refractivity contribution in [3.63, 3.8) is 0 Å². The fraction of sp³-hybridized carbons (Fsp3) is 0.120. The Bertz CT molecular complexity index is 3410. The fourth-order valence-electron chi connectivity index (χ4n) is 7.14. The van der Waals surface area contributed by atoms with E-state index < -0.39 is 41.4 Å². The Morgan fingerprint density at radius 2 is 1.05 bits per heavy atom. The smallest absolute Gasteiger partial charge is 0.255 e. The molecule has 0 spiro atoms. The zero-order valence-electron chi connectivity index (χ0n) is 38.7. The Hall–Kier alpha value is -9.08. The maximum absolute atomic E-state index is 14.9. The van der Waals surface area contributed by atoms with Crippen LogP contribution in [0.25, 0.3) is 11.4 Å². The van der Waals surface area contributed by atoms with Crippen LogP contribution < -0.4 is 49.6 Å². The van der Waals surface area contributed by atoms with Crippen molar-refractivity contribution in [1.29, 1.82) is 5.26 Å². The molecule has 4 aromatic carbocycles. The molecule has 19 nitrogen and oxygen atoms in total. The van der Waals surface area contributed by atoms with E-state index in [1.165, 1.54) is 56.5 Å². The summed E-state index contributed by atoms with van der Waals surface area (Å²) in [5.41, 5.74) is 21.4. The molecule has 374 valence electrons. The summed E-state index contributed by atoms with van der Waals surface area (Å²) in [5, 5.41) is 34.6. The Labute approximate surface area is 423 Å². The first-order valence-corrected chi connectivity index (χ1v) is 23.2. The van der Waals surface area contributed by atoms with Gasteiger partial charge in [-0.15, -0.1) is 0 Å². The number of rotatable bonds is 17. The van der Waals surface area contributed by atoms with Crippen LogP contribution in [-0.4, -0.2) is 58.2 Å². The number of aromatic nitrogens is 4. The zero-order chi connectivity index (χ0) is 52.8. The molecule has 0 fully saturated rings. The molecule has 3 amide bonds. The van der Waals surface area contributed by atoms with Crippen molar-refractivity contribution in [1.82, 2.24) is 17.9 Å². The van der Waals surface area contributed by atoms with Crippen molar-refractivity contribution >= 4 is 73.5 Å². The largest absolute Gasteiger partial charge is 0.371 e. The third-order valence-electron chi connectivity index (χ3n) is 10.7. The molecule has 23 heteroatoms. The second kappa shape index (κ2) is 24.7. The van der Waals surface area contributed by atoms with Crippen molar-refractivity contribution in [2.45, 2.75) is 38.8 Å². The summed E-state index contributed by atoms with van der Waals surface area (Å²) in [6, 6.07) is 32.4. The highest BCUT2D eigenvalue weighted by atomic mass is 32.1. The second-order valence-electron chi connectivity index (χ2n) is 15.9. The molecule has 0 aliphatic carbocycles. The quantitative estimate of drug-likeness (QED) is 0.0329. The second-order valence-corrected chi connectivity index (χ2v) is 17.5. The topological polar surface area (TPSA) is 311 Å². The molecule has 0 saturated carbocycles. The molecule has 0 saturated heterocycles. The Morgan fingerprint density at radius 3 is 1.44 bits per heavy atom. The highest BCUT2D eigenvalue weighted by Gasteiger charge is 2.22. The summed E-state index contributed by atoms with van der Waals surface area (Å²) in [7, 11) is 0. The Morgan fingerprint density at radius 1 is 0.630 bits per heavy atom. The molecule has 0 unspecified atom stereocenters. The van der Waals surface area contributed by atoms with Crippen LogP contribution in [0.5, 0.6) is 0 Å². The van der Waals surface area contributed by atoms with E-state index in [4.69, 9.17) is 27.7 Å². The first-order valence-electron chi connectivity index (χ1n) is 21.7. The number of carbonyl (C=O) groups is 3. The van der Waals surface area contributed by atoms with Crippen LogP contribution in [0.2, 0.25) is 0 Å². The van der Waals surface area contributed by atoms with Crippen LogP contribution in [-0.2, 0) is 22.4 Å². The van der Waals surface area contributed by atoms with Gasteiger partial charge in [0.05, 0.1) is 45.3 Å². The molecule has 0 radical (unpaired) electrons. The number of aryl methyl sites for hydroxylation is 2. The number of anilines is 6. The predicted molar refractivity (Wildman–Crippen MR) is 276 cm³/mol. The van der Waals surface area contributed by atoms with Crippen molar-refractivity contribution in [2.24, 2.45) is 17.2 Å². The van der Waals surface area contributed by atoms with Crippen LogP contribution in [0, 0.1) is 36.8 Å². The van der Waals surface area contributed by atoms with E-state index in [0.717, 1.165) is 34.6 Å². The number of halogens is 2. The molecular weight excluding hydrogens is 983 g/mol. The summed E-state index contributed by atoms with van der Waals surface area (Å²) < 4.78 is 41.0. The molecule has 4 aromatic heterocycles. The van der Waals surface area contributed by atoms with Crippen LogP contribution in [0.15, 0.2) is 143 Å². The predicted octanol–water partition coefficient (Wildman–Crippen LogP) is 6.98. The minimum atomic E-state index is -0.956. The van der Waals surface area contributed by atoms with Gasteiger partial charge in [-0.3, -0.25) is 43.6 Å². The van der Waals surface area contributed by atoms with Crippen LogP contribution in [0.3, 0.4) is 0 Å². The summed E-state index contributed by atoms with van der Waals surface area (Å²) in [6.07, 6.45) is 3.67. The summed E-state index contributed by atoms with van der Waals surface area (Å²) in [6.45, 7) is 3.66. The minimum Gasteiger partial charge on any atom is -0.371 e. The number of nitrogens with one attached hydrogen (secondary N) is 4. The Kier molecular flexibility index (Phi) is 18.0. The fourth-order valence-corrected chi connectivity index (χ4v) is 8.49. The molecule has 73 heavy (non-hydrogen) atoms. The number of hydrogen-bond donors (Lipinski definition) is 9. The summed E-state index contributed by atoms with van der Waals surface area (Å²) in [5.74, 6) is -3.61. The molecule has 8 rings (SSSR count). The number of nitriles is 1. The van der Waals surface area contributed by atoms with Gasteiger partial charge in [0.25, 0.3) is 17.0 Å². The van der Waals surface area contributed by atoms with Crippen molar-refractivity contribution in [2.75, 3.05) is 21.3 Å². The number of amides is 3. The van der Waals surface area contributed by atoms with Gasteiger partial charge in [0.15, 0.2) is 0 Å². The van der Waals surface area contributed by atoms with Gasteiger partial charge in [-0.05, 0) is 121 Å². The number of primary amides is 3. The summed E-state index contributed by atoms with van der Waals surface area (Å²) in [4.78, 5) is 60.3. The lowest BCUT2D eigenvalue weighted by molar-refractivity contribution is -0.176. The lowest BCUT2D eigenvalue weighted by atomic mass is 10.0. The average Bonchev–Trinajstić information content (AvgIpc) is 3.99. The standard InChI is InChI=1S/C25H23FN6O3S.C25H21FN6O2S.H2O2/c1-14-10-22(36-31-14)30-19-13-20(18(26)12-17(19)24(27)34)29-21(25(28)35)11-15-5-7-16(8-6-15)32-9-3-2-4-23(32)33;1-15-10-23(35-31-15)30-20-13-21(19(26)12-17(20)14-27)29-22(25(28)34)11-16-5-7-18(8-6-16)32-9-3-2-4-24(32)33;1-2/h2-10,12-13,21,29-30H,11H2,1H3,(H2,27,34)(H2,28,35);2-10,12-13,22,29-30H,11H2,1H3,(H2,28,34);1-2H/t21-;22-;/m11./s1. The molecule has 4 heterocycles. The van der Waals surface area contributed by atoms with E-state index >= 15 is 0 Å². The summed E-state index contributed by atoms with van der Waals surface area (Å²) >= 11 is 2.39. The van der Waals surface area contributed by atoms with Gasteiger partial charge in [0, 0.05) is 48.7 Å². The SMILES string of the molecule is Cc1cc(Nc2cc(N[C@H](Cc3ccc(-n4ccccc4=O)cc3)C(N)=O)c(F)cc2C#N)sn1.Cc1cc(Nc2cc(N[C@H](Cc3ccc(-n4ccccc4=O)cc3)C(N)=O)c(F)cc2C(N)=O)sn1.OO. The number of nitrogens with zero attached hydrogens (tertiary/aromatic N) is 5. The maximum atomic E-state index is 14.9. The van der Waals surface area contributed by atoms with Crippen LogP contribution in [0.4, 0.5) is 41.5 Å². The third kappa shape index (κ3) is 14.0. The highest BCUT2D eigenvalue weighted by molar-refractivity contribution is 7.10. The van der Waals surface area contributed by atoms with Gasteiger partial charge in [-0.2, -0.15) is 14.0 Å². The van der Waals surface area contributed by atoms with Crippen molar-refractivity contribution in [3.05, 3.63) is 200 Å². The van der Waals surface area contributed by atoms with E-state index in [1.54, 1.807) is 91.3 Å². The van der Waals surface area contributed by atoms with Gasteiger partial charge in [0.1, 0.15) is 39.8 Å². The van der Waals surface area contributed by atoms with Gasteiger partial charge >= 0.3 is 0 Å². The molecule has 0 aliphatic heterocycles. The van der Waals surface area contributed by atoms with E-state index in [1.807, 2.05) is 26.0 Å². The van der Waals surface area contributed by atoms with E-state index in [2.05, 4.69) is 30.0 Å². The number of carbonyl (C=O) groups excluding carboxylic acids is 3. The Balaban J connectivity index is 0.000000230. The zero-order valence-corrected chi connectivity index (χ0v) is 40.4. The molecule has 8 aromatic rings. The van der Waals surface area contributed by atoms with Crippen LogP contribution in [0.1, 0.15) is 38.4 Å². The monoisotopic (exact) mass is 1030 g/mol. The lowest BCUT2D eigenvalue weighted by Gasteiger charge is -2.19. The van der Waals surface area contributed by atoms with E-state index in [0.29, 0.717) is 27.1 Å². The first-order chi connectivity index (χ1) is 35.0. The third-order valence-corrected chi connectivity index (χ3v) is 12.3. The number of nitrogens with two attached hydrogens (primary N) is 3. The molecular formula is C50H46F2N12O7S2. The lowest BCUT2D eigenvalue weighted by Crippen LogP contribution is -2.37. The van der Waals surface area contributed by atoms with E-state index in [9.17, 15) is 38.0 Å². The van der Waals surface area contributed by atoms with Crippen LogP contribution >= 0.6 is 23.1 Å². The average molecular weight is 1030 g/mol. The van der Waals surface area contributed by atoms with Crippen molar-refractivity contribution in [3.8, 4) is 17.4 Å². The van der Waals surface area contributed by atoms with Gasteiger partial charge in [-0.25, -0.2) is 8.78 Å². The highest BCUT2D eigenvalue weighted by Crippen LogP contribution is 2.32. The minimum absolute atomic E-state index is 0.0278. The molecule has 12 N–H and O–H groups in total. The van der Waals surface area contributed by atoms with Gasteiger partial charge in [-0.1, -0.05) is 36.4 Å². The number of hydrogen-bond acceptors (Lipinski definition) is 16. The maximum Gasteiger partial charge on any atom is 0.255 e. The number of benzene rings is 4.